The van der Waals surface area contributed by atoms with E-state index in [4.69, 9.17) is 9.15 Å². The Balaban J connectivity index is 1.72. The lowest BCUT2D eigenvalue weighted by molar-refractivity contribution is 0.0454. The van der Waals surface area contributed by atoms with Gasteiger partial charge in [0.15, 0.2) is 0 Å². The molecule has 6 nitrogen and oxygen atoms in total. The summed E-state index contributed by atoms with van der Waals surface area (Å²) >= 11 is 1.45. The number of carbonyl (C=O) groups is 2. The summed E-state index contributed by atoms with van der Waals surface area (Å²) in [5, 5.41) is 0. The van der Waals surface area contributed by atoms with Crippen molar-refractivity contribution in [2.75, 3.05) is 7.11 Å². The zero-order valence-corrected chi connectivity index (χ0v) is 12.4. The van der Waals surface area contributed by atoms with Crippen LogP contribution in [0.5, 0.6) is 0 Å². The molecular formula is C15H11NO5S. The summed E-state index contributed by atoms with van der Waals surface area (Å²) in [6.07, 6.45) is 1.35. The van der Waals surface area contributed by atoms with E-state index in [1.807, 2.05) is 0 Å². The molecule has 0 N–H and O–H groups in total. The maximum atomic E-state index is 12.1. The van der Waals surface area contributed by atoms with Gasteiger partial charge in [-0.1, -0.05) is 0 Å². The van der Waals surface area contributed by atoms with Crippen LogP contribution in [0.4, 0.5) is 0 Å². The molecule has 0 amide bonds. The normalized spacial score (nSPS) is 10.6. The van der Waals surface area contributed by atoms with Crippen LogP contribution in [-0.2, 0) is 16.1 Å². The summed E-state index contributed by atoms with van der Waals surface area (Å²) in [6.45, 7) is -0.0690. The topological polar surface area (TPSA) is 78.6 Å². The van der Waals surface area contributed by atoms with Gasteiger partial charge in [-0.15, -0.1) is 11.3 Å². The van der Waals surface area contributed by atoms with E-state index in [9.17, 15) is 9.59 Å². The average molecular weight is 317 g/mol. The molecule has 0 saturated carbocycles. The van der Waals surface area contributed by atoms with E-state index >= 15 is 0 Å². The molecule has 0 bridgehead atoms. The van der Waals surface area contributed by atoms with Gasteiger partial charge in [0.25, 0.3) is 0 Å². The number of esters is 2. The van der Waals surface area contributed by atoms with Gasteiger partial charge in [0.05, 0.1) is 34.7 Å². The van der Waals surface area contributed by atoms with Gasteiger partial charge in [-0.25, -0.2) is 14.6 Å². The second-order valence-electron chi connectivity index (χ2n) is 4.38. The zero-order valence-electron chi connectivity index (χ0n) is 11.6. The van der Waals surface area contributed by atoms with Crippen molar-refractivity contribution < 1.29 is 23.5 Å². The van der Waals surface area contributed by atoms with Gasteiger partial charge in [-0.2, -0.15) is 0 Å². The lowest BCUT2D eigenvalue weighted by atomic mass is 10.2. The molecule has 0 aliphatic carbocycles. The Morgan fingerprint density at radius 3 is 2.95 bits per heavy atom. The average Bonchev–Trinajstić information content (AvgIpc) is 3.19. The predicted molar refractivity (Wildman–Crippen MR) is 78.8 cm³/mol. The minimum Gasteiger partial charge on any atom is -0.463 e. The first-order chi connectivity index (χ1) is 10.7. The fourth-order valence-corrected chi connectivity index (χ4v) is 2.65. The summed E-state index contributed by atoms with van der Waals surface area (Å²) in [7, 11) is 1.25. The van der Waals surface area contributed by atoms with Gasteiger partial charge in [-0.05, 0) is 24.3 Å². The summed E-state index contributed by atoms with van der Waals surface area (Å²) in [5.74, 6) is -1.05. The molecule has 2 heterocycles. The van der Waals surface area contributed by atoms with Gasteiger partial charge >= 0.3 is 11.9 Å². The van der Waals surface area contributed by atoms with Crippen LogP contribution in [0.3, 0.4) is 0 Å². The molecule has 0 radical (unpaired) electrons. The molecule has 0 atom stereocenters. The third kappa shape index (κ3) is 2.71. The first-order valence-electron chi connectivity index (χ1n) is 6.34. The Labute approximate surface area is 129 Å². The number of methoxy groups -OCH3 is 1. The quantitative estimate of drug-likeness (QED) is 0.688. The molecular weight excluding hydrogens is 306 g/mol. The van der Waals surface area contributed by atoms with Gasteiger partial charge in [0.1, 0.15) is 6.61 Å². The van der Waals surface area contributed by atoms with Crippen LogP contribution >= 0.6 is 11.3 Å². The summed E-state index contributed by atoms with van der Waals surface area (Å²) in [6, 6.07) is 6.71. The minimum atomic E-state index is -0.609. The third-order valence-corrected chi connectivity index (χ3v) is 3.84. The highest BCUT2D eigenvalue weighted by atomic mass is 32.1. The number of aromatic nitrogens is 1. The molecule has 0 aliphatic heterocycles. The Morgan fingerprint density at radius 2 is 2.14 bits per heavy atom. The number of benzene rings is 1. The van der Waals surface area contributed by atoms with Gasteiger partial charge < -0.3 is 13.9 Å². The highest BCUT2D eigenvalue weighted by Gasteiger charge is 2.17. The van der Waals surface area contributed by atoms with Crippen molar-refractivity contribution in [1.82, 2.24) is 4.98 Å². The second kappa shape index (κ2) is 5.98. The summed E-state index contributed by atoms with van der Waals surface area (Å²) in [4.78, 5) is 27.7. The van der Waals surface area contributed by atoms with E-state index in [2.05, 4.69) is 9.72 Å². The molecule has 3 aromatic rings. The van der Waals surface area contributed by atoms with E-state index in [0.29, 0.717) is 11.1 Å². The molecule has 0 fully saturated rings. The fraction of sp³-hybridized carbons (Fsp3) is 0.133. The molecule has 0 aliphatic rings. The monoisotopic (exact) mass is 317 g/mol. The van der Waals surface area contributed by atoms with E-state index < -0.39 is 11.9 Å². The highest BCUT2D eigenvalue weighted by molar-refractivity contribution is 7.16. The zero-order chi connectivity index (χ0) is 15.5. The third-order valence-electron chi connectivity index (χ3n) is 3.04. The van der Waals surface area contributed by atoms with Crippen LogP contribution in [-0.4, -0.2) is 24.0 Å². The van der Waals surface area contributed by atoms with Crippen molar-refractivity contribution >= 4 is 33.5 Å². The number of hydrogen-bond acceptors (Lipinski definition) is 7. The fourth-order valence-electron chi connectivity index (χ4n) is 1.93. The van der Waals surface area contributed by atoms with Crippen molar-refractivity contribution in [2.45, 2.75) is 6.61 Å². The Morgan fingerprint density at radius 1 is 1.27 bits per heavy atom. The Kier molecular flexibility index (Phi) is 3.88. The number of nitrogens with zero attached hydrogens (tertiary/aromatic N) is 1. The number of rotatable bonds is 4. The Hall–Kier alpha value is -2.67. The number of fused-ring (bicyclic) bond motifs is 1. The van der Waals surface area contributed by atoms with Crippen LogP contribution in [0.1, 0.15) is 26.5 Å². The van der Waals surface area contributed by atoms with Gasteiger partial charge in [-0.3, -0.25) is 0 Å². The summed E-state index contributed by atoms with van der Waals surface area (Å²) < 4.78 is 15.7. The number of thiazole rings is 1. The van der Waals surface area contributed by atoms with Crippen molar-refractivity contribution in [3.8, 4) is 0 Å². The molecule has 112 valence electrons. The number of furan rings is 1. The number of carbonyl (C=O) groups excluding carboxylic acids is 2. The maximum Gasteiger partial charge on any atom is 0.374 e. The van der Waals surface area contributed by atoms with Crippen LogP contribution in [0.25, 0.3) is 10.2 Å². The van der Waals surface area contributed by atoms with E-state index in [-0.39, 0.29) is 12.4 Å². The lowest BCUT2D eigenvalue weighted by Crippen LogP contribution is -2.08. The molecule has 7 heteroatoms. The van der Waals surface area contributed by atoms with Crippen molar-refractivity contribution in [3.05, 3.63) is 52.9 Å². The first-order valence-corrected chi connectivity index (χ1v) is 7.22. The van der Waals surface area contributed by atoms with Gasteiger partial charge in [0, 0.05) is 5.56 Å². The smallest absolute Gasteiger partial charge is 0.374 e. The first kappa shape index (κ1) is 14.3. The van der Waals surface area contributed by atoms with Crippen LogP contribution in [0.2, 0.25) is 0 Å². The van der Waals surface area contributed by atoms with E-state index in [1.165, 1.54) is 24.7 Å². The van der Waals surface area contributed by atoms with E-state index in [0.717, 1.165) is 10.2 Å². The lowest BCUT2D eigenvalue weighted by Gasteiger charge is -2.04. The van der Waals surface area contributed by atoms with Crippen molar-refractivity contribution in [1.29, 1.82) is 0 Å². The second-order valence-corrected chi connectivity index (χ2v) is 5.26. The van der Waals surface area contributed by atoms with Crippen molar-refractivity contribution in [3.63, 3.8) is 0 Å². The number of hydrogen-bond donors (Lipinski definition) is 0. The molecule has 22 heavy (non-hydrogen) atoms. The Bertz CT molecular complexity index is 835. The number of ether oxygens (including phenoxy) is 2. The molecule has 2 aromatic heterocycles. The largest absolute Gasteiger partial charge is 0.463 e. The minimum absolute atomic E-state index is 0.0354. The maximum absolute atomic E-state index is 12.1. The van der Waals surface area contributed by atoms with Crippen LogP contribution in [0, 0.1) is 0 Å². The molecule has 3 rings (SSSR count). The molecule has 0 spiro atoms. The van der Waals surface area contributed by atoms with Crippen molar-refractivity contribution in [2.24, 2.45) is 0 Å². The molecule has 1 aromatic carbocycles. The molecule has 0 unspecified atom stereocenters. The molecule has 0 saturated heterocycles. The standard InChI is InChI=1S/C15H11NO5S/c1-19-15(18)13-10(4-5-20-13)7-21-14(17)9-2-3-11-12(6-9)22-8-16-11/h2-6,8H,7H2,1H3. The SMILES string of the molecule is COC(=O)c1occc1COC(=O)c1ccc2ncsc2c1. The van der Waals surface area contributed by atoms with Gasteiger partial charge in [0.2, 0.25) is 5.76 Å². The summed E-state index contributed by atoms with van der Waals surface area (Å²) in [5.41, 5.74) is 3.44. The van der Waals surface area contributed by atoms with Crippen LogP contribution < -0.4 is 0 Å². The highest BCUT2D eigenvalue weighted by Crippen LogP contribution is 2.20. The van der Waals surface area contributed by atoms with Crippen LogP contribution in [0.15, 0.2) is 40.5 Å². The van der Waals surface area contributed by atoms with E-state index in [1.54, 1.807) is 29.8 Å². The predicted octanol–water partition coefficient (Wildman–Crippen LogP) is 3.03.